The molecule has 0 bridgehead atoms. The quantitative estimate of drug-likeness (QED) is 0.480. The Labute approximate surface area is 95.5 Å². The van der Waals surface area contributed by atoms with Crippen LogP contribution in [0.15, 0.2) is 45.1 Å². The molecular formula is C10H9BrO2S. The SMILES string of the molecule is COC(=O)/C(=C/Br)Sc1ccccc1. The van der Waals surface area contributed by atoms with E-state index < -0.39 is 0 Å². The largest absolute Gasteiger partial charge is 0.465 e. The van der Waals surface area contributed by atoms with Crippen LogP contribution in [-0.4, -0.2) is 13.1 Å². The Bertz CT molecular complexity index is 335. The van der Waals surface area contributed by atoms with Gasteiger partial charge in [0.2, 0.25) is 0 Å². The summed E-state index contributed by atoms with van der Waals surface area (Å²) in [5.74, 6) is -0.337. The molecule has 0 unspecified atom stereocenters. The van der Waals surface area contributed by atoms with Crippen molar-refractivity contribution < 1.29 is 9.53 Å². The van der Waals surface area contributed by atoms with E-state index >= 15 is 0 Å². The maximum atomic E-state index is 11.2. The molecule has 0 fully saturated rings. The second-order valence-corrected chi connectivity index (χ2v) is 3.95. The third-order valence-electron chi connectivity index (χ3n) is 1.46. The number of esters is 1. The minimum absolute atomic E-state index is 0.337. The smallest absolute Gasteiger partial charge is 0.345 e. The highest BCUT2D eigenvalue weighted by molar-refractivity contribution is 9.11. The molecule has 14 heavy (non-hydrogen) atoms. The first-order valence-corrected chi connectivity index (χ1v) is 5.62. The number of halogens is 1. The number of ether oxygens (including phenoxy) is 1. The van der Waals surface area contributed by atoms with E-state index in [1.165, 1.54) is 18.9 Å². The standard InChI is InChI=1S/C10H9BrO2S/c1-13-10(12)9(7-11)14-8-5-3-2-4-6-8/h2-7H,1H3/b9-7-. The van der Waals surface area contributed by atoms with Crippen molar-refractivity contribution in [3.8, 4) is 0 Å². The Morgan fingerprint density at radius 1 is 1.43 bits per heavy atom. The van der Waals surface area contributed by atoms with Gasteiger partial charge in [0.25, 0.3) is 0 Å². The molecule has 4 heteroatoms. The Morgan fingerprint density at radius 2 is 2.07 bits per heavy atom. The minimum Gasteiger partial charge on any atom is -0.465 e. The van der Waals surface area contributed by atoms with Crippen molar-refractivity contribution in [2.45, 2.75) is 4.90 Å². The molecule has 2 nitrogen and oxygen atoms in total. The zero-order chi connectivity index (χ0) is 10.4. The third kappa shape index (κ3) is 3.20. The topological polar surface area (TPSA) is 26.3 Å². The lowest BCUT2D eigenvalue weighted by Crippen LogP contribution is -2.00. The highest BCUT2D eigenvalue weighted by Crippen LogP contribution is 2.27. The minimum atomic E-state index is -0.337. The molecule has 74 valence electrons. The van der Waals surface area contributed by atoms with E-state index in [4.69, 9.17) is 0 Å². The molecule has 0 aliphatic heterocycles. The number of methoxy groups -OCH3 is 1. The highest BCUT2D eigenvalue weighted by atomic mass is 79.9. The van der Waals surface area contributed by atoms with Gasteiger partial charge in [-0.1, -0.05) is 45.9 Å². The Morgan fingerprint density at radius 3 is 2.57 bits per heavy atom. The molecule has 1 aromatic rings. The molecule has 1 aromatic carbocycles. The van der Waals surface area contributed by atoms with Crippen LogP contribution in [0.1, 0.15) is 0 Å². The Kier molecular flexibility index (Phi) is 4.76. The molecule has 1 rings (SSSR count). The normalized spacial score (nSPS) is 11.1. The molecule has 0 spiro atoms. The lowest BCUT2D eigenvalue weighted by molar-refractivity contribution is -0.135. The monoisotopic (exact) mass is 272 g/mol. The number of benzene rings is 1. The van der Waals surface area contributed by atoms with E-state index in [0.29, 0.717) is 4.91 Å². The first-order chi connectivity index (χ1) is 6.77. The fourth-order valence-corrected chi connectivity index (χ4v) is 2.05. The van der Waals surface area contributed by atoms with E-state index in [2.05, 4.69) is 20.7 Å². The fraction of sp³-hybridized carbons (Fsp3) is 0.100. The van der Waals surface area contributed by atoms with Gasteiger partial charge in [0.1, 0.15) is 4.91 Å². The molecule has 0 aliphatic rings. The van der Waals surface area contributed by atoms with Gasteiger partial charge in [-0.05, 0) is 12.1 Å². The molecule has 0 heterocycles. The predicted octanol–water partition coefficient (Wildman–Crippen LogP) is 3.19. The second kappa shape index (κ2) is 5.88. The number of thioether (sulfide) groups is 1. The van der Waals surface area contributed by atoms with Gasteiger partial charge in [-0.15, -0.1) is 0 Å². The van der Waals surface area contributed by atoms with Gasteiger partial charge in [0.05, 0.1) is 7.11 Å². The lowest BCUT2D eigenvalue weighted by atomic mass is 10.4. The first-order valence-electron chi connectivity index (χ1n) is 3.89. The summed E-state index contributed by atoms with van der Waals surface area (Å²) in [6, 6.07) is 9.64. The molecule has 0 saturated carbocycles. The number of hydrogen-bond acceptors (Lipinski definition) is 3. The summed E-state index contributed by atoms with van der Waals surface area (Å²) in [7, 11) is 1.37. The van der Waals surface area contributed by atoms with Crippen molar-refractivity contribution in [3.63, 3.8) is 0 Å². The molecule has 0 N–H and O–H groups in total. The van der Waals surface area contributed by atoms with E-state index in [1.807, 2.05) is 30.3 Å². The Balaban J connectivity index is 2.73. The summed E-state index contributed by atoms with van der Waals surface area (Å²) in [6.07, 6.45) is 0. The van der Waals surface area contributed by atoms with Crippen molar-refractivity contribution in [2.24, 2.45) is 0 Å². The zero-order valence-corrected chi connectivity index (χ0v) is 9.97. The van der Waals surface area contributed by atoms with E-state index in [9.17, 15) is 4.79 Å². The summed E-state index contributed by atoms with van der Waals surface area (Å²) >= 11 is 4.49. The van der Waals surface area contributed by atoms with Crippen LogP contribution >= 0.6 is 27.7 Å². The number of rotatable bonds is 3. The second-order valence-electron chi connectivity index (χ2n) is 2.38. The van der Waals surface area contributed by atoms with Gasteiger partial charge < -0.3 is 4.74 Å². The summed E-state index contributed by atoms with van der Waals surface area (Å²) in [6.45, 7) is 0. The van der Waals surface area contributed by atoms with E-state index in [0.717, 1.165) is 4.90 Å². The van der Waals surface area contributed by atoms with Crippen molar-refractivity contribution >= 4 is 33.7 Å². The summed E-state index contributed by atoms with van der Waals surface area (Å²) in [4.78, 5) is 14.3. The van der Waals surface area contributed by atoms with Crippen LogP contribution in [0, 0.1) is 0 Å². The van der Waals surface area contributed by atoms with Crippen LogP contribution < -0.4 is 0 Å². The van der Waals surface area contributed by atoms with Crippen molar-refractivity contribution in [3.05, 3.63) is 40.2 Å². The van der Waals surface area contributed by atoms with Crippen LogP contribution in [-0.2, 0) is 9.53 Å². The van der Waals surface area contributed by atoms with Gasteiger partial charge >= 0.3 is 5.97 Å². The van der Waals surface area contributed by atoms with Crippen LogP contribution in [0.25, 0.3) is 0 Å². The summed E-state index contributed by atoms with van der Waals surface area (Å²) < 4.78 is 4.62. The maximum Gasteiger partial charge on any atom is 0.345 e. The Hall–Kier alpha value is -0.740. The molecule has 0 aromatic heterocycles. The first kappa shape index (κ1) is 11.3. The molecule has 0 aliphatic carbocycles. The van der Waals surface area contributed by atoms with Crippen molar-refractivity contribution in [2.75, 3.05) is 7.11 Å². The van der Waals surface area contributed by atoms with Gasteiger partial charge in [-0.2, -0.15) is 0 Å². The summed E-state index contributed by atoms with van der Waals surface area (Å²) in [5.41, 5.74) is 0. The highest BCUT2D eigenvalue weighted by Gasteiger charge is 2.09. The molecule has 0 atom stereocenters. The van der Waals surface area contributed by atoms with E-state index in [-0.39, 0.29) is 5.97 Å². The van der Waals surface area contributed by atoms with Crippen LogP contribution in [0.3, 0.4) is 0 Å². The third-order valence-corrected chi connectivity index (χ3v) is 3.23. The lowest BCUT2D eigenvalue weighted by Gasteiger charge is -2.03. The van der Waals surface area contributed by atoms with Gasteiger partial charge in [-0.25, -0.2) is 4.79 Å². The van der Waals surface area contributed by atoms with Crippen LogP contribution in [0.2, 0.25) is 0 Å². The van der Waals surface area contributed by atoms with Crippen LogP contribution in [0.5, 0.6) is 0 Å². The van der Waals surface area contributed by atoms with Crippen molar-refractivity contribution in [1.29, 1.82) is 0 Å². The average molecular weight is 273 g/mol. The molecule has 0 radical (unpaired) electrons. The number of hydrogen-bond donors (Lipinski definition) is 0. The fourth-order valence-electron chi connectivity index (χ4n) is 0.825. The maximum absolute atomic E-state index is 11.2. The number of carbonyl (C=O) groups is 1. The van der Waals surface area contributed by atoms with E-state index in [1.54, 1.807) is 4.99 Å². The predicted molar refractivity (Wildman–Crippen MR) is 61.3 cm³/mol. The molecular weight excluding hydrogens is 264 g/mol. The van der Waals surface area contributed by atoms with Gasteiger partial charge in [0, 0.05) is 9.88 Å². The zero-order valence-electron chi connectivity index (χ0n) is 7.57. The average Bonchev–Trinajstić information content (AvgIpc) is 2.26. The molecule has 0 amide bonds. The molecule has 0 saturated heterocycles. The number of carbonyl (C=O) groups excluding carboxylic acids is 1. The summed E-state index contributed by atoms with van der Waals surface area (Å²) in [5, 5.41) is 0. The van der Waals surface area contributed by atoms with Crippen molar-refractivity contribution in [1.82, 2.24) is 0 Å². The van der Waals surface area contributed by atoms with Gasteiger partial charge in [0.15, 0.2) is 0 Å². The van der Waals surface area contributed by atoms with Gasteiger partial charge in [-0.3, -0.25) is 0 Å². The van der Waals surface area contributed by atoms with Crippen LogP contribution in [0.4, 0.5) is 0 Å².